The average Bonchev–Trinajstić information content (AvgIpc) is 3.08. The highest BCUT2D eigenvalue weighted by Gasteiger charge is 2.34. The maximum Gasteiger partial charge on any atom is 0.216 e. The third kappa shape index (κ3) is 4.10. The number of nitrogens with zero attached hydrogens (tertiary/aromatic N) is 3. The number of hydrogen-bond acceptors (Lipinski definition) is 7. The Labute approximate surface area is 174 Å². The quantitative estimate of drug-likeness (QED) is 0.448. The van der Waals surface area contributed by atoms with Gasteiger partial charge in [0, 0.05) is 43.0 Å². The van der Waals surface area contributed by atoms with Crippen molar-refractivity contribution in [2.45, 2.75) is 36.8 Å². The molecule has 0 spiro atoms. The Kier molecular flexibility index (Phi) is 6.00. The molecule has 3 heterocycles. The van der Waals surface area contributed by atoms with Gasteiger partial charge in [0.2, 0.25) is 11.8 Å². The van der Waals surface area contributed by atoms with Gasteiger partial charge in [0.1, 0.15) is 16.3 Å². The molecule has 0 unspecified atom stereocenters. The molecule has 0 bridgehead atoms. The van der Waals surface area contributed by atoms with E-state index in [0.29, 0.717) is 23.3 Å². The number of hydrogen-bond donors (Lipinski definition) is 1. The number of aliphatic hydroxyl groups is 1. The fourth-order valence-corrected chi connectivity index (χ4v) is 4.14. The summed E-state index contributed by atoms with van der Waals surface area (Å²) < 4.78 is 51.4. The van der Waals surface area contributed by atoms with Crippen molar-refractivity contribution in [3.05, 3.63) is 36.5 Å². The summed E-state index contributed by atoms with van der Waals surface area (Å²) in [6.07, 6.45) is 3.33. The van der Waals surface area contributed by atoms with Gasteiger partial charge in [0.05, 0.1) is 30.4 Å². The lowest BCUT2D eigenvalue weighted by Crippen LogP contribution is -2.28. The molecular formula is C20H24FN3O5S. The highest BCUT2D eigenvalue weighted by atomic mass is 32.2. The maximum absolute atomic E-state index is 14.1. The molecule has 1 N–H and O–H groups in total. The molecule has 10 heteroatoms. The van der Waals surface area contributed by atoms with Gasteiger partial charge in [0.25, 0.3) is 0 Å². The number of aromatic nitrogens is 3. The van der Waals surface area contributed by atoms with Crippen LogP contribution < -0.4 is 9.47 Å². The summed E-state index contributed by atoms with van der Waals surface area (Å²) in [5.41, 5.74) is 1.32. The van der Waals surface area contributed by atoms with E-state index in [-0.39, 0.29) is 29.7 Å². The number of imidazole rings is 1. The zero-order chi connectivity index (χ0) is 22.1. The van der Waals surface area contributed by atoms with Crippen LogP contribution in [0, 0.1) is 5.95 Å². The fourth-order valence-electron chi connectivity index (χ4n) is 2.83. The third-order valence-electron chi connectivity index (χ3n) is 4.51. The van der Waals surface area contributed by atoms with E-state index in [0.717, 1.165) is 0 Å². The molecule has 3 rings (SSSR count). The third-order valence-corrected chi connectivity index (χ3v) is 7.01. The van der Waals surface area contributed by atoms with Crippen molar-refractivity contribution in [1.82, 2.24) is 14.4 Å². The van der Waals surface area contributed by atoms with Crippen LogP contribution in [-0.4, -0.2) is 53.0 Å². The Bertz CT molecular complexity index is 1170. The standard InChI is InChI=1S/C20H24FN3O5S/c1-20(2,3)30(26,27)16-12-24-14(11-22-18(24)10-15(16)28-4)13-8-17(21)23-19(9-13)29-7-5-6-25/h8-12,25H,5-7H2,1-4H3. The summed E-state index contributed by atoms with van der Waals surface area (Å²) in [7, 11) is -2.33. The number of ether oxygens (including phenoxy) is 2. The summed E-state index contributed by atoms with van der Waals surface area (Å²) in [4.78, 5) is 8.00. The van der Waals surface area contributed by atoms with Gasteiger partial charge >= 0.3 is 0 Å². The fraction of sp³-hybridized carbons (Fsp3) is 0.400. The second kappa shape index (κ2) is 8.19. The number of aliphatic hydroxyl groups excluding tert-OH is 1. The first kappa shape index (κ1) is 22.0. The molecule has 0 atom stereocenters. The van der Waals surface area contributed by atoms with Gasteiger partial charge < -0.3 is 14.6 Å². The zero-order valence-corrected chi connectivity index (χ0v) is 18.0. The maximum atomic E-state index is 14.1. The van der Waals surface area contributed by atoms with Gasteiger partial charge in [-0.1, -0.05) is 0 Å². The second-order valence-electron chi connectivity index (χ2n) is 7.64. The zero-order valence-electron chi connectivity index (χ0n) is 17.2. The van der Waals surface area contributed by atoms with Crippen LogP contribution in [-0.2, 0) is 9.84 Å². The lowest BCUT2D eigenvalue weighted by atomic mass is 10.2. The summed E-state index contributed by atoms with van der Waals surface area (Å²) in [6.45, 7) is 4.95. The van der Waals surface area contributed by atoms with Gasteiger partial charge in [-0.05, 0) is 20.8 Å². The van der Waals surface area contributed by atoms with E-state index >= 15 is 0 Å². The Morgan fingerprint density at radius 2 is 1.97 bits per heavy atom. The minimum absolute atomic E-state index is 0.0122. The largest absolute Gasteiger partial charge is 0.495 e. The predicted molar refractivity (Wildman–Crippen MR) is 109 cm³/mol. The molecule has 30 heavy (non-hydrogen) atoms. The molecule has 0 aromatic carbocycles. The first-order valence-electron chi connectivity index (χ1n) is 9.30. The molecule has 162 valence electrons. The molecule has 0 aliphatic heterocycles. The summed E-state index contributed by atoms with van der Waals surface area (Å²) in [5, 5.41) is 8.87. The van der Waals surface area contributed by atoms with E-state index in [1.807, 2.05) is 0 Å². The van der Waals surface area contributed by atoms with Gasteiger partial charge in [-0.15, -0.1) is 0 Å². The molecule has 0 aliphatic rings. The number of halogens is 1. The van der Waals surface area contributed by atoms with E-state index in [4.69, 9.17) is 14.6 Å². The summed E-state index contributed by atoms with van der Waals surface area (Å²) in [6, 6.07) is 4.27. The number of methoxy groups -OCH3 is 1. The molecule has 0 aliphatic carbocycles. The summed E-state index contributed by atoms with van der Waals surface area (Å²) in [5.74, 6) is -0.509. The smallest absolute Gasteiger partial charge is 0.216 e. The average molecular weight is 437 g/mol. The Morgan fingerprint density at radius 1 is 1.23 bits per heavy atom. The molecule has 0 amide bonds. The van der Waals surface area contributed by atoms with Crippen LogP contribution in [0.15, 0.2) is 35.5 Å². The Balaban J connectivity index is 2.16. The van der Waals surface area contributed by atoms with Crippen LogP contribution in [0.4, 0.5) is 4.39 Å². The molecule has 0 saturated heterocycles. The van der Waals surface area contributed by atoms with Gasteiger partial charge in [-0.3, -0.25) is 4.40 Å². The van der Waals surface area contributed by atoms with Gasteiger partial charge in [0.15, 0.2) is 9.84 Å². The van der Waals surface area contributed by atoms with Crippen molar-refractivity contribution in [2.75, 3.05) is 20.3 Å². The molecule has 8 nitrogen and oxygen atoms in total. The second-order valence-corrected chi connectivity index (χ2v) is 10.3. The van der Waals surface area contributed by atoms with Crippen LogP contribution in [0.3, 0.4) is 0 Å². The van der Waals surface area contributed by atoms with Crippen molar-refractivity contribution in [3.8, 4) is 22.9 Å². The molecule has 0 fully saturated rings. The van der Waals surface area contributed by atoms with Crippen molar-refractivity contribution >= 4 is 15.5 Å². The minimum Gasteiger partial charge on any atom is -0.495 e. The number of sulfone groups is 1. The van der Waals surface area contributed by atoms with Crippen LogP contribution in [0.2, 0.25) is 0 Å². The predicted octanol–water partition coefficient (Wildman–Crippen LogP) is 2.88. The monoisotopic (exact) mass is 437 g/mol. The highest BCUT2D eigenvalue weighted by Crippen LogP contribution is 2.34. The van der Waals surface area contributed by atoms with Crippen LogP contribution >= 0.6 is 0 Å². The SMILES string of the molecule is COc1cc2ncc(-c3cc(F)nc(OCCCO)c3)n2cc1S(=O)(=O)C(C)(C)C. The van der Waals surface area contributed by atoms with Crippen LogP contribution in [0.25, 0.3) is 16.9 Å². The topological polar surface area (TPSA) is 103 Å². The van der Waals surface area contributed by atoms with Crippen LogP contribution in [0.1, 0.15) is 27.2 Å². The van der Waals surface area contributed by atoms with Crippen molar-refractivity contribution in [1.29, 1.82) is 0 Å². The highest BCUT2D eigenvalue weighted by molar-refractivity contribution is 7.92. The van der Waals surface area contributed by atoms with E-state index in [1.54, 1.807) is 25.2 Å². The van der Waals surface area contributed by atoms with E-state index < -0.39 is 20.5 Å². The Morgan fingerprint density at radius 3 is 2.60 bits per heavy atom. The lowest BCUT2D eigenvalue weighted by molar-refractivity contribution is 0.228. The van der Waals surface area contributed by atoms with Crippen LogP contribution in [0.5, 0.6) is 11.6 Å². The molecule has 3 aromatic rings. The van der Waals surface area contributed by atoms with Gasteiger partial charge in [-0.2, -0.15) is 9.37 Å². The lowest BCUT2D eigenvalue weighted by Gasteiger charge is -2.21. The minimum atomic E-state index is -3.73. The van der Waals surface area contributed by atoms with E-state index in [9.17, 15) is 12.8 Å². The molecule has 0 saturated carbocycles. The molecular weight excluding hydrogens is 413 g/mol. The molecule has 0 radical (unpaired) electrons. The number of rotatable bonds is 7. The normalized spacial score (nSPS) is 12.3. The van der Waals surface area contributed by atoms with Crippen molar-refractivity contribution < 1.29 is 27.4 Å². The Hall–Kier alpha value is -2.72. The molecule has 3 aromatic heterocycles. The van der Waals surface area contributed by atoms with Gasteiger partial charge in [-0.25, -0.2) is 13.4 Å². The first-order valence-corrected chi connectivity index (χ1v) is 10.8. The van der Waals surface area contributed by atoms with Crippen molar-refractivity contribution in [3.63, 3.8) is 0 Å². The van der Waals surface area contributed by atoms with E-state index in [1.165, 1.54) is 37.7 Å². The number of pyridine rings is 2. The summed E-state index contributed by atoms with van der Waals surface area (Å²) >= 11 is 0. The number of fused-ring (bicyclic) bond motifs is 1. The van der Waals surface area contributed by atoms with E-state index in [2.05, 4.69) is 9.97 Å². The van der Waals surface area contributed by atoms with Crippen molar-refractivity contribution in [2.24, 2.45) is 0 Å². The first-order chi connectivity index (χ1) is 14.1.